The number of hydrogen-bond acceptors (Lipinski definition) is 2. The number of hydrogen-bond donors (Lipinski definition) is 2. The van der Waals surface area contributed by atoms with Crippen molar-refractivity contribution in [3.8, 4) is 5.75 Å². The molecule has 1 aromatic carbocycles. The Morgan fingerprint density at radius 1 is 1.53 bits per heavy atom. The normalized spacial score (nSPS) is 18.3. The Balaban J connectivity index is 1.99. The van der Waals surface area contributed by atoms with Gasteiger partial charge in [-0.15, -0.1) is 0 Å². The fourth-order valence-corrected chi connectivity index (χ4v) is 3.02. The summed E-state index contributed by atoms with van der Waals surface area (Å²) in [5, 5.41) is 10.1. The highest BCUT2D eigenvalue weighted by Crippen LogP contribution is 2.34. The van der Waals surface area contributed by atoms with E-state index in [2.05, 4.69) is 4.98 Å². The number of benzene rings is 1. The summed E-state index contributed by atoms with van der Waals surface area (Å²) in [5.74, 6) is 0.385. The molecular formula is C15H17NO3. The molecule has 0 bridgehead atoms. The molecule has 19 heavy (non-hydrogen) atoms. The van der Waals surface area contributed by atoms with Crippen LogP contribution in [0.15, 0.2) is 18.2 Å². The summed E-state index contributed by atoms with van der Waals surface area (Å²) in [4.78, 5) is 14.3. The van der Waals surface area contributed by atoms with Crippen molar-refractivity contribution >= 4 is 16.9 Å². The van der Waals surface area contributed by atoms with Gasteiger partial charge < -0.3 is 14.8 Å². The molecule has 1 atom stereocenters. The first-order valence-electron chi connectivity index (χ1n) is 6.56. The number of methoxy groups -OCH3 is 1. The number of carbonyl (C=O) groups is 1. The van der Waals surface area contributed by atoms with Crippen LogP contribution in [0.3, 0.4) is 0 Å². The lowest BCUT2D eigenvalue weighted by atomic mass is 9.84. The van der Waals surface area contributed by atoms with E-state index in [0.717, 1.165) is 30.5 Å². The molecule has 4 heteroatoms. The van der Waals surface area contributed by atoms with Gasteiger partial charge in [-0.1, -0.05) is 0 Å². The van der Waals surface area contributed by atoms with Crippen LogP contribution in [0.5, 0.6) is 5.75 Å². The van der Waals surface area contributed by atoms with E-state index >= 15 is 0 Å². The molecule has 0 saturated carbocycles. The molecule has 3 rings (SSSR count). The number of aromatic nitrogens is 1. The highest BCUT2D eigenvalue weighted by Gasteiger charge is 2.24. The van der Waals surface area contributed by atoms with Gasteiger partial charge in [-0.05, 0) is 48.9 Å². The van der Waals surface area contributed by atoms with Crippen LogP contribution in [-0.4, -0.2) is 23.2 Å². The van der Waals surface area contributed by atoms with Gasteiger partial charge in [0.05, 0.1) is 7.11 Å². The number of H-pyrrole nitrogens is 1. The molecule has 0 aliphatic heterocycles. The molecule has 1 unspecified atom stereocenters. The molecule has 0 spiro atoms. The Hall–Kier alpha value is -1.97. The highest BCUT2D eigenvalue weighted by molar-refractivity contribution is 5.86. The predicted molar refractivity (Wildman–Crippen MR) is 72.6 cm³/mol. The smallest absolute Gasteiger partial charge is 0.303 e. The van der Waals surface area contributed by atoms with Crippen LogP contribution in [0.25, 0.3) is 10.9 Å². The largest absolute Gasteiger partial charge is 0.497 e. The fraction of sp³-hybridized carbons (Fsp3) is 0.400. The van der Waals surface area contributed by atoms with Gasteiger partial charge in [0.1, 0.15) is 5.75 Å². The molecule has 0 radical (unpaired) electrons. The zero-order valence-electron chi connectivity index (χ0n) is 10.9. The van der Waals surface area contributed by atoms with E-state index in [9.17, 15) is 4.79 Å². The third-order valence-electron chi connectivity index (χ3n) is 3.96. The van der Waals surface area contributed by atoms with Crippen LogP contribution in [0.1, 0.15) is 24.1 Å². The van der Waals surface area contributed by atoms with Crippen LogP contribution in [0, 0.1) is 5.92 Å². The van der Waals surface area contributed by atoms with E-state index in [1.165, 1.54) is 16.6 Å². The molecule has 1 aromatic heterocycles. The molecule has 1 aliphatic rings. The number of rotatable bonds is 3. The zero-order chi connectivity index (χ0) is 13.4. The maximum Gasteiger partial charge on any atom is 0.303 e. The molecule has 0 saturated heterocycles. The van der Waals surface area contributed by atoms with Gasteiger partial charge >= 0.3 is 5.97 Å². The molecule has 0 fully saturated rings. The first-order valence-corrected chi connectivity index (χ1v) is 6.56. The van der Waals surface area contributed by atoms with Gasteiger partial charge in [-0.25, -0.2) is 0 Å². The minimum atomic E-state index is -0.703. The van der Waals surface area contributed by atoms with Crippen LogP contribution >= 0.6 is 0 Å². The van der Waals surface area contributed by atoms with E-state index in [-0.39, 0.29) is 12.3 Å². The summed E-state index contributed by atoms with van der Waals surface area (Å²) in [7, 11) is 1.66. The summed E-state index contributed by atoms with van der Waals surface area (Å²) in [5.41, 5.74) is 3.64. The topological polar surface area (TPSA) is 62.3 Å². The average molecular weight is 259 g/mol. The van der Waals surface area contributed by atoms with Crippen molar-refractivity contribution in [1.29, 1.82) is 0 Å². The van der Waals surface area contributed by atoms with Crippen molar-refractivity contribution in [2.24, 2.45) is 5.92 Å². The number of fused-ring (bicyclic) bond motifs is 3. The van der Waals surface area contributed by atoms with Gasteiger partial charge in [0.25, 0.3) is 0 Å². The second-order valence-electron chi connectivity index (χ2n) is 5.20. The van der Waals surface area contributed by atoms with E-state index in [4.69, 9.17) is 9.84 Å². The first-order chi connectivity index (χ1) is 9.17. The SMILES string of the molecule is COc1ccc2[nH]c3c(c2c1)CC(CC(=O)O)CC3. The molecule has 1 heterocycles. The van der Waals surface area contributed by atoms with E-state index in [1.807, 2.05) is 18.2 Å². The molecule has 0 amide bonds. The van der Waals surface area contributed by atoms with Crippen molar-refractivity contribution in [2.45, 2.75) is 25.7 Å². The highest BCUT2D eigenvalue weighted by atomic mass is 16.5. The number of aromatic amines is 1. The van der Waals surface area contributed by atoms with Gasteiger partial charge in [0, 0.05) is 23.0 Å². The number of nitrogens with one attached hydrogen (secondary N) is 1. The molecule has 2 N–H and O–H groups in total. The molecule has 2 aromatic rings. The molecule has 100 valence electrons. The van der Waals surface area contributed by atoms with Gasteiger partial charge in [0.15, 0.2) is 0 Å². The Bertz CT molecular complexity index is 630. The number of aryl methyl sites for hydroxylation is 1. The van der Waals surface area contributed by atoms with Gasteiger partial charge in [-0.2, -0.15) is 0 Å². The van der Waals surface area contributed by atoms with Crippen molar-refractivity contribution in [3.63, 3.8) is 0 Å². The zero-order valence-corrected chi connectivity index (χ0v) is 10.9. The van der Waals surface area contributed by atoms with Gasteiger partial charge in [0.2, 0.25) is 0 Å². The third kappa shape index (κ3) is 2.18. The number of ether oxygens (including phenoxy) is 1. The van der Waals surface area contributed by atoms with Crippen molar-refractivity contribution < 1.29 is 14.6 Å². The monoisotopic (exact) mass is 259 g/mol. The minimum Gasteiger partial charge on any atom is -0.497 e. The lowest BCUT2D eigenvalue weighted by Crippen LogP contribution is -2.16. The Labute approximate surface area is 111 Å². The van der Waals surface area contributed by atoms with Crippen molar-refractivity contribution in [2.75, 3.05) is 7.11 Å². The standard InChI is InChI=1S/C15H17NO3/c1-19-10-3-5-14-12(8-10)11-6-9(7-15(17)18)2-4-13(11)16-14/h3,5,8-9,16H,2,4,6-7H2,1H3,(H,17,18). The summed E-state index contributed by atoms with van der Waals surface area (Å²) < 4.78 is 5.27. The van der Waals surface area contributed by atoms with E-state index < -0.39 is 5.97 Å². The number of carboxylic acid groups (broad SMARTS) is 1. The quantitative estimate of drug-likeness (QED) is 0.891. The second kappa shape index (κ2) is 4.61. The Morgan fingerprint density at radius 3 is 3.11 bits per heavy atom. The molecule has 1 aliphatic carbocycles. The molecule has 4 nitrogen and oxygen atoms in total. The lowest BCUT2D eigenvalue weighted by Gasteiger charge is -2.20. The van der Waals surface area contributed by atoms with Crippen LogP contribution in [0.2, 0.25) is 0 Å². The maximum absolute atomic E-state index is 10.9. The summed E-state index contributed by atoms with van der Waals surface area (Å²) in [6.45, 7) is 0. The minimum absolute atomic E-state index is 0.246. The summed E-state index contributed by atoms with van der Waals surface area (Å²) >= 11 is 0. The Kier molecular flexibility index (Phi) is 2.93. The first kappa shape index (κ1) is 12.1. The van der Waals surface area contributed by atoms with Crippen LogP contribution in [0.4, 0.5) is 0 Å². The van der Waals surface area contributed by atoms with Crippen LogP contribution < -0.4 is 4.74 Å². The Morgan fingerprint density at radius 2 is 2.37 bits per heavy atom. The van der Waals surface area contributed by atoms with Gasteiger partial charge in [-0.3, -0.25) is 4.79 Å². The van der Waals surface area contributed by atoms with E-state index in [0.29, 0.717) is 0 Å². The number of aliphatic carboxylic acids is 1. The average Bonchev–Trinajstić information content (AvgIpc) is 2.75. The second-order valence-corrected chi connectivity index (χ2v) is 5.20. The summed E-state index contributed by atoms with van der Waals surface area (Å²) in [6.07, 6.45) is 2.98. The molecular weight excluding hydrogens is 242 g/mol. The summed E-state index contributed by atoms with van der Waals surface area (Å²) in [6, 6.07) is 6.01. The van der Waals surface area contributed by atoms with E-state index in [1.54, 1.807) is 7.11 Å². The van der Waals surface area contributed by atoms with Crippen molar-refractivity contribution in [3.05, 3.63) is 29.5 Å². The fourth-order valence-electron chi connectivity index (χ4n) is 3.02. The number of carboxylic acids is 1. The lowest BCUT2D eigenvalue weighted by molar-refractivity contribution is -0.138. The van der Waals surface area contributed by atoms with Crippen LogP contribution in [-0.2, 0) is 17.6 Å². The maximum atomic E-state index is 10.9. The van der Waals surface area contributed by atoms with Crippen molar-refractivity contribution in [1.82, 2.24) is 4.98 Å². The third-order valence-corrected chi connectivity index (χ3v) is 3.96. The predicted octanol–water partition coefficient (Wildman–Crippen LogP) is 2.76.